The number of benzene rings is 2. The molecule has 0 atom stereocenters. The number of H-pyrrole nitrogens is 1. The molecule has 34 heavy (non-hydrogen) atoms. The Morgan fingerprint density at radius 2 is 1.97 bits per heavy atom. The van der Waals surface area contributed by atoms with Crippen molar-refractivity contribution >= 4 is 22.6 Å². The van der Waals surface area contributed by atoms with Gasteiger partial charge in [0, 0.05) is 67.4 Å². The summed E-state index contributed by atoms with van der Waals surface area (Å²) in [6, 6.07) is 10.7. The van der Waals surface area contributed by atoms with Crippen LogP contribution in [0.2, 0.25) is 0 Å². The first-order chi connectivity index (χ1) is 16.4. The van der Waals surface area contributed by atoms with Gasteiger partial charge in [-0.05, 0) is 35.9 Å². The van der Waals surface area contributed by atoms with Crippen LogP contribution in [0.1, 0.15) is 40.0 Å². The first kappa shape index (κ1) is 20.5. The molecule has 0 radical (unpaired) electrons. The summed E-state index contributed by atoms with van der Waals surface area (Å²) in [5.74, 6) is 0.615. The normalized spacial score (nSPS) is 17.1. The van der Waals surface area contributed by atoms with Gasteiger partial charge < -0.3 is 19.7 Å². The van der Waals surface area contributed by atoms with E-state index in [1.807, 2.05) is 31.4 Å². The molecule has 2 aromatic heterocycles. The van der Waals surface area contributed by atoms with Gasteiger partial charge in [0.15, 0.2) is 5.78 Å². The van der Waals surface area contributed by atoms with Crippen molar-refractivity contribution in [3.8, 4) is 22.6 Å². The van der Waals surface area contributed by atoms with E-state index in [0.717, 1.165) is 16.6 Å². The standard InChI is InChI=1S/C26H24N4O4/c1-29-15-18(14-28-29)16-2-3-24-20(10-16)23(32)13-26(34-24)5-8-30(9-6-26)25(33)17-11-21-19(4-7-27-21)22(31)12-17/h2-4,7,10-12,14-15,27,31H,5-6,8-9,13H2,1H3. The third-order valence-electron chi connectivity index (χ3n) is 6.98. The Balaban J connectivity index is 1.19. The fraction of sp³-hybridized carbons (Fsp3) is 0.269. The predicted octanol–water partition coefficient (Wildman–Crippen LogP) is 3.91. The molecule has 2 aromatic carbocycles. The molecule has 1 saturated heterocycles. The Kier molecular flexibility index (Phi) is 4.52. The number of aromatic amines is 1. The Morgan fingerprint density at radius 1 is 1.15 bits per heavy atom. The topological polar surface area (TPSA) is 100 Å². The average Bonchev–Trinajstić information content (AvgIpc) is 3.48. The maximum atomic E-state index is 13.1. The highest BCUT2D eigenvalue weighted by molar-refractivity contribution is 6.02. The van der Waals surface area contributed by atoms with E-state index in [4.69, 9.17) is 4.74 Å². The van der Waals surface area contributed by atoms with Crippen molar-refractivity contribution in [3.63, 3.8) is 0 Å². The molecule has 172 valence electrons. The number of aromatic hydroxyl groups is 1. The number of rotatable bonds is 2. The van der Waals surface area contributed by atoms with Gasteiger partial charge in [0.2, 0.25) is 0 Å². The van der Waals surface area contributed by atoms with Gasteiger partial charge in [-0.3, -0.25) is 14.3 Å². The zero-order valence-electron chi connectivity index (χ0n) is 18.7. The molecule has 6 rings (SSSR count). The van der Waals surface area contributed by atoms with Gasteiger partial charge in [-0.2, -0.15) is 5.10 Å². The number of amides is 1. The van der Waals surface area contributed by atoms with Gasteiger partial charge in [0.05, 0.1) is 18.2 Å². The van der Waals surface area contributed by atoms with Crippen LogP contribution in [0.3, 0.4) is 0 Å². The molecule has 0 unspecified atom stereocenters. The molecular formula is C26H24N4O4. The van der Waals surface area contributed by atoms with Crippen molar-refractivity contribution in [1.29, 1.82) is 0 Å². The number of likely N-dealkylation sites (tertiary alicyclic amines) is 1. The summed E-state index contributed by atoms with van der Waals surface area (Å²) in [5.41, 5.74) is 3.05. The number of piperidine rings is 1. The molecule has 0 aliphatic carbocycles. The lowest BCUT2D eigenvalue weighted by Crippen LogP contribution is -2.52. The Morgan fingerprint density at radius 3 is 2.74 bits per heavy atom. The van der Waals surface area contributed by atoms with Crippen LogP contribution in [0.15, 0.2) is 55.0 Å². The quantitative estimate of drug-likeness (QED) is 0.476. The molecule has 2 aliphatic rings. The van der Waals surface area contributed by atoms with E-state index < -0.39 is 5.60 Å². The second-order valence-electron chi connectivity index (χ2n) is 9.23. The zero-order chi connectivity index (χ0) is 23.4. The van der Waals surface area contributed by atoms with Crippen LogP contribution < -0.4 is 4.74 Å². The lowest BCUT2D eigenvalue weighted by atomic mass is 9.82. The Labute approximate surface area is 195 Å². The number of Topliss-reactive ketones (excluding diaryl/α,β-unsaturated/α-hetero) is 1. The molecule has 2 N–H and O–H groups in total. The largest absolute Gasteiger partial charge is 0.507 e. The van der Waals surface area contributed by atoms with E-state index in [2.05, 4.69) is 10.1 Å². The first-order valence-corrected chi connectivity index (χ1v) is 11.4. The molecule has 0 bridgehead atoms. The number of phenolic OH excluding ortho intramolecular Hbond substituents is 1. The number of phenols is 1. The van der Waals surface area contributed by atoms with Crippen molar-refractivity contribution in [3.05, 3.63) is 66.1 Å². The summed E-state index contributed by atoms with van der Waals surface area (Å²) in [5, 5.41) is 15.1. The molecule has 4 heterocycles. The van der Waals surface area contributed by atoms with Crippen molar-refractivity contribution in [1.82, 2.24) is 19.7 Å². The van der Waals surface area contributed by atoms with Gasteiger partial charge in [-0.15, -0.1) is 0 Å². The van der Waals surface area contributed by atoms with E-state index in [-0.39, 0.29) is 17.4 Å². The minimum atomic E-state index is -0.595. The minimum absolute atomic E-state index is 0.0638. The van der Waals surface area contributed by atoms with Gasteiger partial charge in [0.1, 0.15) is 17.1 Å². The van der Waals surface area contributed by atoms with Crippen LogP contribution in [-0.4, -0.2) is 55.2 Å². The smallest absolute Gasteiger partial charge is 0.254 e. The van der Waals surface area contributed by atoms with E-state index >= 15 is 0 Å². The van der Waals surface area contributed by atoms with E-state index in [9.17, 15) is 14.7 Å². The first-order valence-electron chi connectivity index (χ1n) is 11.4. The molecule has 4 aromatic rings. The highest BCUT2D eigenvalue weighted by Crippen LogP contribution is 2.41. The van der Waals surface area contributed by atoms with Crippen LogP contribution >= 0.6 is 0 Å². The van der Waals surface area contributed by atoms with E-state index in [1.165, 1.54) is 6.07 Å². The average molecular weight is 457 g/mol. The predicted molar refractivity (Wildman–Crippen MR) is 126 cm³/mol. The van der Waals surface area contributed by atoms with Crippen molar-refractivity contribution < 1.29 is 19.4 Å². The number of fused-ring (bicyclic) bond motifs is 2. The summed E-state index contributed by atoms with van der Waals surface area (Å²) >= 11 is 0. The summed E-state index contributed by atoms with van der Waals surface area (Å²) in [6.45, 7) is 0.970. The maximum Gasteiger partial charge on any atom is 0.254 e. The van der Waals surface area contributed by atoms with Crippen molar-refractivity contribution in [2.24, 2.45) is 7.05 Å². The number of aryl methyl sites for hydroxylation is 1. The number of ether oxygens (including phenoxy) is 1. The van der Waals surface area contributed by atoms with E-state index in [1.54, 1.807) is 34.1 Å². The summed E-state index contributed by atoms with van der Waals surface area (Å²) in [7, 11) is 1.86. The maximum absolute atomic E-state index is 13.1. The third kappa shape index (κ3) is 3.34. The molecule has 8 heteroatoms. The molecule has 1 amide bonds. The van der Waals surface area contributed by atoms with Gasteiger partial charge in [-0.25, -0.2) is 0 Å². The Bertz CT molecular complexity index is 1440. The summed E-state index contributed by atoms with van der Waals surface area (Å²) < 4.78 is 8.13. The van der Waals surface area contributed by atoms with Crippen molar-refractivity contribution in [2.75, 3.05) is 13.1 Å². The molecule has 0 saturated carbocycles. The molecular weight excluding hydrogens is 432 g/mol. The second-order valence-corrected chi connectivity index (χ2v) is 9.23. The number of ketones is 1. The Hall–Kier alpha value is -4.07. The van der Waals surface area contributed by atoms with Crippen LogP contribution in [0, 0.1) is 0 Å². The molecule has 8 nitrogen and oxygen atoms in total. The number of carbonyl (C=O) groups excluding carboxylic acids is 2. The van der Waals surface area contributed by atoms with Gasteiger partial charge >= 0.3 is 0 Å². The fourth-order valence-electron chi connectivity index (χ4n) is 5.09. The van der Waals surface area contributed by atoms with Gasteiger partial charge in [0.25, 0.3) is 5.91 Å². The number of hydrogen-bond donors (Lipinski definition) is 2. The number of carbonyl (C=O) groups is 2. The minimum Gasteiger partial charge on any atom is -0.507 e. The zero-order valence-corrected chi connectivity index (χ0v) is 18.7. The second kappa shape index (κ2) is 7.48. The summed E-state index contributed by atoms with van der Waals surface area (Å²) in [4.78, 5) is 31.0. The molecule has 2 aliphatic heterocycles. The third-order valence-corrected chi connectivity index (χ3v) is 6.98. The SMILES string of the molecule is Cn1cc(-c2ccc3c(c2)C(=O)CC2(CCN(C(=O)c4cc(O)c5cc[nH]c5c4)CC2)O3)cn1. The molecule has 1 fully saturated rings. The highest BCUT2D eigenvalue weighted by atomic mass is 16.5. The van der Waals surface area contributed by atoms with E-state index in [0.29, 0.717) is 54.6 Å². The molecule has 1 spiro atoms. The highest BCUT2D eigenvalue weighted by Gasteiger charge is 2.44. The number of nitrogens with one attached hydrogen (secondary N) is 1. The summed E-state index contributed by atoms with van der Waals surface area (Å²) in [6.07, 6.45) is 6.87. The van der Waals surface area contributed by atoms with Crippen LogP contribution in [0.4, 0.5) is 0 Å². The number of hydrogen-bond acceptors (Lipinski definition) is 5. The van der Waals surface area contributed by atoms with Crippen LogP contribution in [0.5, 0.6) is 11.5 Å². The number of aromatic nitrogens is 3. The lowest BCUT2D eigenvalue weighted by molar-refractivity contribution is -0.00570. The lowest BCUT2D eigenvalue weighted by Gasteiger charge is -2.44. The fourth-order valence-corrected chi connectivity index (χ4v) is 5.09. The number of nitrogens with zero attached hydrogens (tertiary/aromatic N) is 3. The monoisotopic (exact) mass is 456 g/mol. The van der Waals surface area contributed by atoms with Crippen molar-refractivity contribution in [2.45, 2.75) is 24.9 Å². The van der Waals surface area contributed by atoms with Crippen LogP contribution in [0.25, 0.3) is 22.0 Å². The van der Waals surface area contributed by atoms with Gasteiger partial charge in [-0.1, -0.05) is 6.07 Å². The van der Waals surface area contributed by atoms with Crippen LogP contribution in [-0.2, 0) is 7.05 Å².